The van der Waals surface area contributed by atoms with Crippen LogP contribution in [0.4, 0.5) is 0 Å². The number of benzene rings is 1. The highest BCUT2D eigenvalue weighted by Crippen LogP contribution is 2.44. The highest BCUT2D eigenvalue weighted by molar-refractivity contribution is 7.91. The number of hydrogen-bond donors (Lipinski definition) is 1. The predicted octanol–water partition coefficient (Wildman–Crippen LogP) is 3.17. The van der Waals surface area contributed by atoms with Crippen molar-refractivity contribution in [3.8, 4) is 0 Å². The van der Waals surface area contributed by atoms with E-state index in [1.54, 1.807) is 0 Å². The van der Waals surface area contributed by atoms with Crippen LogP contribution in [-0.2, 0) is 17.8 Å². The van der Waals surface area contributed by atoms with E-state index in [2.05, 4.69) is 30.4 Å². The van der Waals surface area contributed by atoms with E-state index in [-0.39, 0.29) is 10.2 Å². The molecule has 1 N–H and O–H groups in total. The van der Waals surface area contributed by atoms with Crippen LogP contribution >= 0.6 is 0 Å². The first-order chi connectivity index (χ1) is 10.3. The maximum atomic E-state index is 12.6. The number of aryl methyl sites for hydroxylation is 1. The third-order valence-corrected chi connectivity index (χ3v) is 6.20. The molecule has 22 heavy (non-hydrogen) atoms. The van der Waals surface area contributed by atoms with Crippen LogP contribution in [0.25, 0.3) is 0 Å². The zero-order valence-corrected chi connectivity index (χ0v) is 14.8. The van der Waals surface area contributed by atoms with Gasteiger partial charge in [-0.2, -0.15) is 0 Å². The summed E-state index contributed by atoms with van der Waals surface area (Å²) in [6.45, 7) is 10.2. The number of nitrogens with one attached hydrogen (secondary N) is 1. The molecule has 1 atom stereocenters. The first kappa shape index (κ1) is 16.0. The SMILES string of the molecule is Cc1ccc2c(c1)CC1(CCNCC1)C2=N[S+]([O-])C(C)(C)C. The number of hydrogen-bond acceptors (Lipinski definition) is 3. The van der Waals surface area contributed by atoms with Crippen LogP contribution in [0.5, 0.6) is 0 Å². The minimum Gasteiger partial charge on any atom is -0.591 e. The molecule has 1 aromatic carbocycles. The van der Waals surface area contributed by atoms with Crippen LogP contribution in [0.1, 0.15) is 50.3 Å². The summed E-state index contributed by atoms with van der Waals surface area (Å²) < 4.78 is 17.1. The molecule has 0 aromatic heterocycles. The topological polar surface area (TPSA) is 47.5 Å². The van der Waals surface area contributed by atoms with Crippen molar-refractivity contribution in [2.24, 2.45) is 9.81 Å². The number of fused-ring (bicyclic) bond motifs is 1. The average Bonchev–Trinajstić information content (AvgIpc) is 2.71. The van der Waals surface area contributed by atoms with Gasteiger partial charge in [0.05, 0.1) is 0 Å². The number of rotatable bonds is 1. The average molecular weight is 318 g/mol. The Labute approximate surface area is 136 Å². The second kappa shape index (κ2) is 5.66. The maximum Gasteiger partial charge on any atom is 0.144 e. The smallest absolute Gasteiger partial charge is 0.144 e. The standard InChI is InChI=1S/C18H26N2OS/c1-13-5-6-15-14(11-13)12-18(7-9-19-10-8-18)16(15)20-22(21)17(2,3)4/h5-6,11,19H,7-10,12H2,1-4H3. The summed E-state index contributed by atoms with van der Waals surface area (Å²) in [4.78, 5) is 0. The lowest BCUT2D eigenvalue weighted by molar-refractivity contribution is 0.306. The third kappa shape index (κ3) is 2.84. The highest BCUT2D eigenvalue weighted by Gasteiger charge is 2.46. The molecule has 1 unspecified atom stereocenters. The quantitative estimate of drug-likeness (QED) is 0.809. The molecule has 1 saturated heterocycles. The van der Waals surface area contributed by atoms with E-state index in [1.165, 1.54) is 16.7 Å². The zero-order valence-electron chi connectivity index (χ0n) is 14.0. The van der Waals surface area contributed by atoms with Crippen LogP contribution in [0.2, 0.25) is 0 Å². The van der Waals surface area contributed by atoms with Crippen molar-refractivity contribution in [2.75, 3.05) is 13.1 Å². The number of piperidine rings is 1. The molecule has 120 valence electrons. The van der Waals surface area contributed by atoms with Crippen LogP contribution < -0.4 is 5.32 Å². The molecular weight excluding hydrogens is 292 g/mol. The summed E-state index contributed by atoms with van der Waals surface area (Å²) in [7, 11) is 0. The Morgan fingerprint density at radius 2 is 1.91 bits per heavy atom. The summed E-state index contributed by atoms with van der Waals surface area (Å²) in [5, 5.41) is 3.45. The lowest BCUT2D eigenvalue weighted by Gasteiger charge is -2.34. The normalized spacial score (nSPS) is 23.8. The van der Waals surface area contributed by atoms with Crippen LogP contribution in [-0.4, -0.2) is 28.1 Å². The molecule has 1 fully saturated rings. The maximum absolute atomic E-state index is 12.6. The molecule has 2 aliphatic rings. The van der Waals surface area contributed by atoms with Crippen LogP contribution in [0.3, 0.4) is 0 Å². The highest BCUT2D eigenvalue weighted by atomic mass is 32.2. The molecule has 0 bridgehead atoms. The molecule has 0 saturated carbocycles. The molecule has 3 rings (SSSR count). The van der Waals surface area contributed by atoms with Crippen molar-refractivity contribution in [3.63, 3.8) is 0 Å². The van der Waals surface area contributed by atoms with Gasteiger partial charge in [0.15, 0.2) is 0 Å². The van der Waals surface area contributed by atoms with Gasteiger partial charge >= 0.3 is 0 Å². The molecule has 4 heteroatoms. The van der Waals surface area contributed by atoms with Crippen molar-refractivity contribution >= 4 is 17.1 Å². The lowest BCUT2D eigenvalue weighted by Crippen LogP contribution is -2.41. The fourth-order valence-electron chi connectivity index (χ4n) is 3.52. The van der Waals surface area contributed by atoms with E-state index in [4.69, 9.17) is 4.40 Å². The van der Waals surface area contributed by atoms with Gasteiger partial charge in [-0.15, -0.1) is 0 Å². The minimum absolute atomic E-state index is 0.0856. The van der Waals surface area contributed by atoms with E-state index in [1.807, 2.05) is 20.8 Å². The van der Waals surface area contributed by atoms with Gasteiger partial charge in [-0.1, -0.05) is 28.2 Å². The van der Waals surface area contributed by atoms with Gasteiger partial charge in [-0.05, 0) is 65.6 Å². The van der Waals surface area contributed by atoms with Gasteiger partial charge in [0.1, 0.15) is 21.8 Å². The zero-order chi connectivity index (χ0) is 16.0. The van der Waals surface area contributed by atoms with Crippen molar-refractivity contribution in [2.45, 2.75) is 51.7 Å². The minimum atomic E-state index is -1.20. The first-order valence-corrected chi connectivity index (χ1v) is 9.24. The predicted molar refractivity (Wildman–Crippen MR) is 93.9 cm³/mol. The second-order valence-corrected chi connectivity index (χ2v) is 9.57. The van der Waals surface area contributed by atoms with E-state index in [0.29, 0.717) is 0 Å². The molecule has 0 amide bonds. The fourth-order valence-corrected chi connectivity index (χ4v) is 4.25. The van der Waals surface area contributed by atoms with E-state index < -0.39 is 11.4 Å². The molecule has 1 aliphatic heterocycles. The van der Waals surface area contributed by atoms with Gasteiger partial charge in [0, 0.05) is 11.0 Å². The summed E-state index contributed by atoms with van der Waals surface area (Å²) in [6.07, 6.45) is 3.22. The van der Waals surface area contributed by atoms with Crippen molar-refractivity contribution in [1.82, 2.24) is 5.32 Å². The van der Waals surface area contributed by atoms with Crippen LogP contribution in [0, 0.1) is 12.3 Å². The molecule has 1 aliphatic carbocycles. The monoisotopic (exact) mass is 318 g/mol. The molecule has 1 heterocycles. The van der Waals surface area contributed by atoms with Gasteiger partial charge in [-0.25, -0.2) is 0 Å². The van der Waals surface area contributed by atoms with Crippen LogP contribution in [0.15, 0.2) is 22.6 Å². The van der Waals surface area contributed by atoms with Gasteiger partial charge in [0.2, 0.25) is 0 Å². The fraction of sp³-hybridized carbons (Fsp3) is 0.611. The van der Waals surface area contributed by atoms with Gasteiger partial charge < -0.3 is 9.87 Å². The Morgan fingerprint density at radius 3 is 2.55 bits per heavy atom. The Kier molecular flexibility index (Phi) is 4.12. The van der Waals surface area contributed by atoms with Gasteiger partial charge in [-0.3, -0.25) is 0 Å². The second-order valence-electron chi connectivity index (χ2n) is 7.67. The lowest BCUT2D eigenvalue weighted by atomic mass is 9.75. The Hall–Kier alpha value is -0.840. The van der Waals surface area contributed by atoms with Crippen molar-refractivity contribution < 1.29 is 4.55 Å². The third-order valence-electron chi connectivity index (χ3n) is 4.81. The van der Waals surface area contributed by atoms with Gasteiger partial charge in [0.25, 0.3) is 0 Å². The number of nitrogens with zero attached hydrogens (tertiary/aromatic N) is 1. The summed E-state index contributed by atoms with van der Waals surface area (Å²) >= 11 is -1.20. The molecule has 1 aromatic rings. The molecule has 3 nitrogen and oxygen atoms in total. The van der Waals surface area contributed by atoms with E-state index in [0.717, 1.165) is 38.1 Å². The molecular formula is C18H26N2OS. The molecule has 0 radical (unpaired) electrons. The Bertz CT molecular complexity index is 598. The Balaban J connectivity index is 2.07. The summed E-state index contributed by atoms with van der Waals surface area (Å²) in [5.74, 6) is 0. The van der Waals surface area contributed by atoms with E-state index in [9.17, 15) is 4.55 Å². The van der Waals surface area contributed by atoms with Crippen molar-refractivity contribution in [1.29, 1.82) is 0 Å². The molecule has 1 spiro atoms. The summed E-state index contributed by atoms with van der Waals surface area (Å²) in [5.41, 5.74) is 5.08. The first-order valence-electron chi connectivity index (χ1n) is 8.14. The largest absolute Gasteiger partial charge is 0.591 e. The Morgan fingerprint density at radius 1 is 1.23 bits per heavy atom. The van der Waals surface area contributed by atoms with E-state index >= 15 is 0 Å². The summed E-state index contributed by atoms with van der Waals surface area (Å²) in [6, 6.07) is 6.61. The van der Waals surface area contributed by atoms with Crippen molar-refractivity contribution in [3.05, 3.63) is 34.9 Å².